The van der Waals surface area contributed by atoms with E-state index in [-0.39, 0.29) is 6.10 Å². The highest BCUT2D eigenvalue weighted by atomic mass is 16.3. The standard InChI is InChI=1S/C11H25NO/c1-3-4-5-6-7-8-9-12-10-11(2)13/h11-13H,3-10H2,1-2H3. The largest absolute Gasteiger partial charge is 0.392 e. The second kappa shape index (κ2) is 10.0. The molecule has 0 bridgehead atoms. The van der Waals surface area contributed by atoms with Gasteiger partial charge in [-0.15, -0.1) is 0 Å². The van der Waals surface area contributed by atoms with Crippen LogP contribution in [-0.4, -0.2) is 24.3 Å². The normalized spacial score (nSPS) is 13.2. The third-order valence-corrected chi connectivity index (χ3v) is 2.15. The van der Waals surface area contributed by atoms with E-state index in [2.05, 4.69) is 12.2 Å². The van der Waals surface area contributed by atoms with E-state index in [9.17, 15) is 0 Å². The van der Waals surface area contributed by atoms with Gasteiger partial charge in [-0.2, -0.15) is 0 Å². The molecule has 0 saturated heterocycles. The van der Waals surface area contributed by atoms with Crippen LogP contribution in [0, 0.1) is 0 Å². The molecule has 0 aliphatic carbocycles. The summed E-state index contributed by atoms with van der Waals surface area (Å²) >= 11 is 0. The fraction of sp³-hybridized carbons (Fsp3) is 1.00. The molecule has 0 aliphatic rings. The Morgan fingerprint density at radius 2 is 1.69 bits per heavy atom. The van der Waals surface area contributed by atoms with Gasteiger partial charge in [0.1, 0.15) is 0 Å². The molecule has 0 spiro atoms. The summed E-state index contributed by atoms with van der Waals surface area (Å²) in [4.78, 5) is 0. The minimum atomic E-state index is -0.208. The van der Waals surface area contributed by atoms with E-state index in [1.807, 2.05) is 6.92 Å². The van der Waals surface area contributed by atoms with Crippen LogP contribution in [-0.2, 0) is 0 Å². The molecule has 0 aromatic carbocycles. The molecule has 13 heavy (non-hydrogen) atoms. The van der Waals surface area contributed by atoms with Gasteiger partial charge in [-0.3, -0.25) is 0 Å². The lowest BCUT2D eigenvalue weighted by molar-refractivity contribution is 0.191. The van der Waals surface area contributed by atoms with Gasteiger partial charge in [0.05, 0.1) is 6.10 Å². The summed E-state index contributed by atoms with van der Waals surface area (Å²) < 4.78 is 0. The van der Waals surface area contributed by atoms with Crippen molar-refractivity contribution in [2.45, 2.75) is 58.5 Å². The monoisotopic (exact) mass is 187 g/mol. The first kappa shape index (κ1) is 12.9. The van der Waals surface area contributed by atoms with Crippen LogP contribution < -0.4 is 5.32 Å². The Hall–Kier alpha value is -0.0800. The molecule has 2 heteroatoms. The average Bonchev–Trinajstić information content (AvgIpc) is 2.09. The topological polar surface area (TPSA) is 32.3 Å². The van der Waals surface area contributed by atoms with E-state index in [0.717, 1.165) is 13.1 Å². The molecule has 0 heterocycles. The van der Waals surface area contributed by atoms with Crippen molar-refractivity contribution in [2.24, 2.45) is 0 Å². The Morgan fingerprint density at radius 1 is 1.08 bits per heavy atom. The van der Waals surface area contributed by atoms with E-state index < -0.39 is 0 Å². The van der Waals surface area contributed by atoms with E-state index in [4.69, 9.17) is 5.11 Å². The van der Waals surface area contributed by atoms with Crippen LogP contribution in [0.2, 0.25) is 0 Å². The number of hydrogen-bond acceptors (Lipinski definition) is 2. The Morgan fingerprint density at radius 3 is 2.31 bits per heavy atom. The summed E-state index contributed by atoms with van der Waals surface area (Å²) in [6.45, 7) is 5.84. The van der Waals surface area contributed by atoms with Crippen LogP contribution in [0.1, 0.15) is 52.4 Å². The number of nitrogens with one attached hydrogen (secondary N) is 1. The number of aliphatic hydroxyl groups is 1. The zero-order valence-electron chi connectivity index (χ0n) is 9.18. The lowest BCUT2D eigenvalue weighted by Crippen LogP contribution is -2.25. The van der Waals surface area contributed by atoms with Gasteiger partial charge in [-0.05, 0) is 19.9 Å². The summed E-state index contributed by atoms with van der Waals surface area (Å²) in [6.07, 6.45) is 7.81. The van der Waals surface area contributed by atoms with E-state index in [1.165, 1.54) is 38.5 Å². The van der Waals surface area contributed by atoms with Crippen LogP contribution in [0.25, 0.3) is 0 Å². The number of rotatable bonds is 9. The Balaban J connectivity index is 2.84. The molecule has 0 rings (SSSR count). The van der Waals surface area contributed by atoms with E-state index in [0.29, 0.717) is 0 Å². The van der Waals surface area contributed by atoms with Gasteiger partial charge < -0.3 is 10.4 Å². The smallest absolute Gasteiger partial charge is 0.0636 e. The quantitative estimate of drug-likeness (QED) is 0.543. The Bertz CT molecular complexity index is 94.1. The number of aliphatic hydroxyl groups excluding tert-OH is 1. The highest BCUT2D eigenvalue weighted by Gasteiger charge is 1.93. The van der Waals surface area contributed by atoms with Crippen molar-refractivity contribution in [1.29, 1.82) is 0 Å². The molecule has 1 atom stereocenters. The molecular weight excluding hydrogens is 162 g/mol. The summed E-state index contributed by atoms with van der Waals surface area (Å²) in [5.74, 6) is 0. The van der Waals surface area contributed by atoms with Gasteiger partial charge in [0.15, 0.2) is 0 Å². The van der Waals surface area contributed by atoms with Gasteiger partial charge in [0, 0.05) is 6.54 Å². The van der Waals surface area contributed by atoms with Crippen molar-refractivity contribution < 1.29 is 5.11 Å². The van der Waals surface area contributed by atoms with Gasteiger partial charge >= 0.3 is 0 Å². The minimum absolute atomic E-state index is 0.208. The summed E-state index contributed by atoms with van der Waals surface area (Å²) in [7, 11) is 0. The summed E-state index contributed by atoms with van der Waals surface area (Å²) in [5, 5.41) is 12.2. The maximum Gasteiger partial charge on any atom is 0.0636 e. The Kier molecular flexibility index (Phi) is 9.94. The zero-order valence-corrected chi connectivity index (χ0v) is 9.18. The SMILES string of the molecule is CCCCCCCCNCC(C)O. The third kappa shape index (κ3) is 11.9. The average molecular weight is 187 g/mol. The molecule has 0 radical (unpaired) electrons. The maximum atomic E-state index is 8.96. The molecule has 0 aliphatic heterocycles. The van der Waals surface area contributed by atoms with Crippen molar-refractivity contribution in [1.82, 2.24) is 5.32 Å². The van der Waals surface area contributed by atoms with Crippen LogP contribution in [0.15, 0.2) is 0 Å². The molecule has 0 fully saturated rings. The molecule has 0 aromatic rings. The zero-order chi connectivity index (χ0) is 9.94. The second-order valence-corrected chi connectivity index (χ2v) is 3.82. The first-order valence-electron chi connectivity index (χ1n) is 5.66. The predicted molar refractivity (Wildman–Crippen MR) is 57.9 cm³/mol. The summed E-state index contributed by atoms with van der Waals surface area (Å²) in [6, 6.07) is 0. The number of unbranched alkanes of at least 4 members (excludes halogenated alkanes) is 5. The fourth-order valence-corrected chi connectivity index (χ4v) is 1.34. The van der Waals surface area contributed by atoms with Crippen molar-refractivity contribution in [3.8, 4) is 0 Å². The van der Waals surface area contributed by atoms with Crippen LogP contribution in [0.5, 0.6) is 0 Å². The second-order valence-electron chi connectivity index (χ2n) is 3.82. The van der Waals surface area contributed by atoms with E-state index in [1.54, 1.807) is 0 Å². The van der Waals surface area contributed by atoms with Crippen LogP contribution in [0.4, 0.5) is 0 Å². The van der Waals surface area contributed by atoms with Gasteiger partial charge in [-0.1, -0.05) is 39.0 Å². The molecule has 0 amide bonds. The highest BCUT2D eigenvalue weighted by molar-refractivity contribution is 4.53. The molecule has 0 saturated carbocycles. The van der Waals surface area contributed by atoms with Crippen molar-refractivity contribution in [3.63, 3.8) is 0 Å². The molecule has 2 N–H and O–H groups in total. The van der Waals surface area contributed by atoms with Crippen LogP contribution >= 0.6 is 0 Å². The van der Waals surface area contributed by atoms with Crippen molar-refractivity contribution in [3.05, 3.63) is 0 Å². The summed E-state index contributed by atoms with van der Waals surface area (Å²) in [5.41, 5.74) is 0. The van der Waals surface area contributed by atoms with Gasteiger partial charge in [-0.25, -0.2) is 0 Å². The maximum absolute atomic E-state index is 8.96. The molecule has 80 valence electrons. The molecule has 0 aromatic heterocycles. The van der Waals surface area contributed by atoms with Gasteiger partial charge in [0.25, 0.3) is 0 Å². The van der Waals surface area contributed by atoms with Crippen LogP contribution in [0.3, 0.4) is 0 Å². The first-order chi connectivity index (χ1) is 6.27. The lowest BCUT2D eigenvalue weighted by atomic mass is 10.1. The van der Waals surface area contributed by atoms with Gasteiger partial charge in [0.2, 0.25) is 0 Å². The molecule has 2 nitrogen and oxygen atoms in total. The minimum Gasteiger partial charge on any atom is -0.392 e. The molecular formula is C11H25NO. The number of hydrogen-bond donors (Lipinski definition) is 2. The highest BCUT2D eigenvalue weighted by Crippen LogP contribution is 2.03. The Labute approximate surface area is 82.7 Å². The lowest BCUT2D eigenvalue weighted by Gasteiger charge is -2.06. The van der Waals surface area contributed by atoms with Crippen molar-refractivity contribution >= 4 is 0 Å². The third-order valence-electron chi connectivity index (χ3n) is 2.15. The first-order valence-corrected chi connectivity index (χ1v) is 5.66. The molecule has 1 unspecified atom stereocenters. The fourth-order valence-electron chi connectivity index (χ4n) is 1.34. The van der Waals surface area contributed by atoms with E-state index >= 15 is 0 Å². The predicted octanol–water partition coefficient (Wildman–Crippen LogP) is 2.32. The van der Waals surface area contributed by atoms with Crippen molar-refractivity contribution in [2.75, 3.05) is 13.1 Å².